The third kappa shape index (κ3) is 2.43. The lowest BCUT2D eigenvalue weighted by Crippen LogP contribution is -2.66. The molecule has 1 amide bonds. The topological polar surface area (TPSA) is 83.6 Å². The van der Waals surface area contributed by atoms with Crippen LogP contribution in [0.5, 0.6) is 0 Å². The number of amides is 1. The second-order valence-electron chi connectivity index (χ2n) is 4.80. The molecular formula is C10H15F3N2O3. The Kier molecular flexibility index (Phi) is 3.62. The monoisotopic (exact) mass is 268 g/mol. The van der Waals surface area contributed by atoms with Gasteiger partial charge in [0.05, 0.1) is 5.92 Å². The van der Waals surface area contributed by atoms with E-state index < -0.39 is 29.5 Å². The lowest BCUT2D eigenvalue weighted by atomic mass is 9.85. The number of hydrogen-bond acceptors (Lipinski definition) is 3. The van der Waals surface area contributed by atoms with Crippen LogP contribution in [-0.2, 0) is 9.59 Å². The number of carbonyl (C=O) groups excluding carboxylic acids is 1. The van der Waals surface area contributed by atoms with Crippen molar-refractivity contribution in [3.63, 3.8) is 0 Å². The number of nitrogens with two attached hydrogens (primary N) is 1. The number of carboxylic acids is 1. The first-order valence-electron chi connectivity index (χ1n) is 5.36. The maximum Gasteiger partial charge on any atom is 0.415 e. The molecule has 1 aliphatic rings. The molecule has 0 saturated carbocycles. The first-order chi connectivity index (χ1) is 7.98. The summed E-state index contributed by atoms with van der Waals surface area (Å²) in [5.74, 6) is -3.26. The molecule has 2 atom stereocenters. The Morgan fingerprint density at radius 3 is 2.17 bits per heavy atom. The van der Waals surface area contributed by atoms with Crippen molar-refractivity contribution in [2.45, 2.75) is 25.6 Å². The molecule has 3 N–H and O–H groups in total. The second-order valence-corrected chi connectivity index (χ2v) is 4.80. The summed E-state index contributed by atoms with van der Waals surface area (Å²) >= 11 is 0. The highest BCUT2D eigenvalue weighted by Crippen LogP contribution is 2.33. The van der Waals surface area contributed by atoms with Crippen molar-refractivity contribution in [2.75, 3.05) is 13.1 Å². The van der Waals surface area contributed by atoms with Gasteiger partial charge >= 0.3 is 12.1 Å². The van der Waals surface area contributed by atoms with Crippen LogP contribution in [0.3, 0.4) is 0 Å². The SMILES string of the molecule is CC(C(=O)O)C1CN(C(=O)C(C)(N)C(F)(F)F)C1. The Bertz CT molecular complexity index is 362. The van der Waals surface area contributed by atoms with E-state index in [2.05, 4.69) is 0 Å². The highest BCUT2D eigenvalue weighted by Gasteiger charge is 2.57. The third-order valence-corrected chi connectivity index (χ3v) is 3.33. The van der Waals surface area contributed by atoms with Crippen LogP contribution in [0.2, 0.25) is 0 Å². The highest BCUT2D eigenvalue weighted by molar-refractivity contribution is 5.87. The van der Waals surface area contributed by atoms with E-state index in [9.17, 15) is 22.8 Å². The molecule has 0 spiro atoms. The van der Waals surface area contributed by atoms with E-state index in [1.807, 2.05) is 0 Å². The Balaban J connectivity index is 2.62. The number of nitrogens with zero attached hydrogens (tertiary/aromatic N) is 1. The van der Waals surface area contributed by atoms with E-state index in [0.29, 0.717) is 6.92 Å². The highest BCUT2D eigenvalue weighted by atomic mass is 19.4. The molecule has 1 saturated heterocycles. The Labute approximate surface area is 102 Å². The molecule has 0 aromatic heterocycles. The van der Waals surface area contributed by atoms with E-state index in [-0.39, 0.29) is 19.0 Å². The van der Waals surface area contributed by atoms with Crippen molar-refractivity contribution in [1.82, 2.24) is 4.90 Å². The summed E-state index contributed by atoms with van der Waals surface area (Å²) < 4.78 is 37.6. The van der Waals surface area contributed by atoms with Gasteiger partial charge in [0, 0.05) is 19.0 Å². The van der Waals surface area contributed by atoms with Crippen LogP contribution < -0.4 is 5.73 Å². The number of hydrogen-bond donors (Lipinski definition) is 2. The minimum atomic E-state index is -4.83. The quantitative estimate of drug-likeness (QED) is 0.778. The van der Waals surface area contributed by atoms with Gasteiger partial charge in [-0.25, -0.2) is 0 Å². The predicted molar refractivity (Wildman–Crippen MR) is 55.5 cm³/mol. The van der Waals surface area contributed by atoms with Gasteiger partial charge in [-0.1, -0.05) is 6.92 Å². The smallest absolute Gasteiger partial charge is 0.415 e. The van der Waals surface area contributed by atoms with Crippen LogP contribution in [0.25, 0.3) is 0 Å². The molecule has 5 nitrogen and oxygen atoms in total. The van der Waals surface area contributed by atoms with E-state index >= 15 is 0 Å². The van der Waals surface area contributed by atoms with Gasteiger partial charge < -0.3 is 15.7 Å². The molecule has 1 rings (SSSR count). The number of carbonyl (C=O) groups is 2. The van der Waals surface area contributed by atoms with Gasteiger partial charge in [0.15, 0.2) is 5.54 Å². The van der Waals surface area contributed by atoms with Gasteiger partial charge in [-0.15, -0.1) is 0 Å². The Morgan fingerprint density at radius 1 is 1.39 bits per heavy atom. The zero-order valence-electron chi connectivity index (χ0n) is 9.99. The summed E-state index contributed by atoms with van der Waals surface area (Å²) in [7, 11) is 0. The van der Waals surface area contributed by atoms with Crippen LogP contribution >= 0.6 is 0 Å². The van der Waals surface area contributed by atoms with Crippen LogP contribution in [0.4, 0.5) is 13.2 Å². The molecule has 0 radical (unpaired) electrons. The van der Waals surface area contributed by atoms with Crippen molar-refractivity contribution in [3.05, 3.63) is 0 Å². The molecule has 1 heterocycles. The van der Waals surface area contributed by atoms with Crippen molar-refractivity contribution in [1.29, 1.82) is 0 Å². The minimum absolute atomic E-state index is 0.00479. The molecule has 0 aromatic carbocycles. The summed E-state index contributed by atoms with van der Waals surface area (Å²) in [6.07, 6.45) is -4.83. The molecule has 0 aromatic rings. The zero-order chi connectivity index (χ0) is 14.3. The summed E-state index contributed by atoms with van der Waals surface area (Å²) in [4.78, 5) is 23.2. The molecule has 1 aliphatic heterocycles. The van der Waals surface area contributed by atoms with Gasteiger partial charge in [0.1, 0.15) is 0 Å². The van der Waals surface area contributed by atoms with Gasteiger partial charge in [-0.2, -0.15) is 13.2 Å². The first kappa shape index (κ1) is 14.7. The largest absolute Gasteiger partial charge is 0.481 e. The summed E-state index contributed by atoms with van der Waals surface area (Å²) in [6.45, 7) is 2.06. The van der Waals surface area contributed by atoms with Crippen LogP contribution in [0.15, 0.2) is 0 Å². The van der Waals surface area contributed by atoms with Crippen LogP contribution in [0.1, 0.15) is 13.8 Å². The maximum atomic E-state index is 12.5. The molecule has 1 fully saturated rings. The van der Waals surface area contributed by atoms with Gasteiger partial charge in [-0.3, -0.25) is 9.59 Å². The van der Waals surface area contributed by atoms with Crippen molar-refractivity contribution in [3.8, 4) is 0 Å². The van der Waals surface area contributed by atoms with E-state index in [1.54, 1.807) is 0 Å². The third-order valence-electron chi connectivity index (χ3n) is 3.33. The second kappa shape index (κ2) is 4.42. The summed E-state index contributed by atoms with van der Waals surface area (Å²) in [5, 5.41) is 8.72. The van der Waals surface area contributed by atoms with Gasteiger partial charge in [-0.05, 0) is 6.92 Å². The molecule has 0 aliphatic carbocycles. The van der Waals surface area contributed by atoms with Gasteiger partial charge in [0.2, 0.25) is 0 Å². The van der Waals surface area contributed by atoms with E-state index in [4.69, 9.17) is 10.8 Å². The number of aliphatic carboxylic acids is 1. The Hall–Kier alpha value is -1.31. The minimum Gasteiger partial charge on any atom is -0.481 e. The number of likely N-dealkylation sites (tertiary alicyclic amines) is 1. The maximum absolute atomic E-state index is 12.5. The number of rotatable bonds is 3. The van der Waals surface area contributed by atoms with Crippen molar-refractivity contribution in [2.24, 2.45) is 17.6 Å². The fourth-order valence-electron chi connectivity index (χ4n) is 1.65. The van der Waals surface area contributed by atoms with Crippen molar-refractivity contribution < 1.29 is 27.9 Å². The standard InChI is InChI=1S/C10H15F3N2O3/c1-5(7(16)17)6-3-15(4-6)8(18)9(2,14)10(11,12)13/h5-6H,3-4,14H2,1-2H3,(H,16,17). The lowest BCUT2D eigenvalue weighted by molar-refractivity contribution is -0.198. The number of alkyl halides is 3. The molecule has 8 heteroatoms. The first-order valence-corrected chi connectivity index (χ1v) is 5.36. The summed E-state index contributed by atoms with van der Waals surface area (Å²) in [5.41, 5.74) is 2.07. The van der Waals surface area contributed by atoms with Crippen molar-refractivity contribution >= 4 is 11.9 Å². The fourth-order valence-corrected chi connectivity index (χ4v) is 1.65. The lowest BCUT2D eigenvalue weighted by Gasteiger charge is -2.44. The average molecular weight is 268 g/mol. The molecule has 104 valence electrons. The van der Waals surface area contributed by atoms with E-state index in [1.165, 1.54) is 6.92 Å². The fraction of sp³-hybridized carbons (Fsp3) is 0.800. The zero-order valence-corrected chi connectivity index (χ0v) is 9.99. The molecular weight excluding hydrogens is 253 g/mol. The number of carboxylic acid groups (broad SMARTS) is 1. The predicted octanol–water partition coefficient (Wildman–Crippen LogP) is 0.445. The van der Waals surface area contributed by atoms with Gasteiger partial charge in [0.25, 0.3) is 5.91 Å². The Morgan fingerprint density at radius 2 is 1.83 bits per heavy atom. The normalized spacial score (nSPS) is 22.0. The van der Waals surface area contributed by atoms with E-state index in [0.717, 1.165) is 4.90 Å². The van der Waals surface area contributed by atoms with Crippen LogP contribution in [-0.4, -0.2) is 46.7 Å². The average Bonchev–Trinajstić information content (AvgIpc) is 2.12. The van der Waals surface area contributed by atoms with Crippen LogP contribution in [0, 0.1) is 11.8 Å². The number of halogens is 3. The molecule has 18 heavy (non-hydrogen) atoms. The molecule has 0 bridgehead atoms. The summed E-state index contributed by atoms with van der Waals surface area (Å²) in [6, 6.07) is 0. The molecule has 2 unspecified atom stereocenters.